The summed E-state index contributed by atoms with van der Waals surface area (Å²) in [5.74, 6) is 2.41. The lowest BCUT2D eigenvalue weighted by Crippen LogP contribution is -2.04. The van der Waals surface area contributed by atoms with Gasteiger partial charge >= 0.3 is 0 Å². The molecule has 4 nitrogen and oxygen atoms in total. The van der Waals surface area contributed by atoms with Crippen molar-refractivity contribution in [3.63, 3.8) is 0 Å². The smallest absolute Gasteiger partial charge is 0.136 e. The molecular weight excluding hydrogens is 268 g/mol. The zero-order valence-corrected chi connectivity index (χ0v) is 12.3. The van der Waals surface area contributed by atoms with E-state index in [1.807, 2.05) is 13.0 Å². The molecule has 0 saturated carbocycles. The molecule has 5 heteroatoms. The van der Waals surface area contributed by atoms with E-state index in [2.05, 4.69) is 57.2 Å². The maximum absolute atomic E-state index is 4.42. The predicted octanol–water partition coefficient (Wildman–Crippen LogP) is 4.18. The van der Waals surface area contributed by atoms with E-state index in [9.17, 15) is 0 Å². The van der Waals surface area contributed by atoms with Gasteiger partial charge in [0.15, 0.2) is 0 Å². The third-order valence-electron chi connectivity index (χ3n) is 2.92. The molecule has 20 heavy (non-hydrogen) atoms. The molecule has 0 aliphatic rings. The van der Waals surface area contributed by atoms with Gasteiger partial charge in [0.05, 0.1) is 0 Å². The van der Waals surface area contributed by atoms with Crippen LogP contribution in [0.4, 0.5) is 17.3 Å². The van der Waals surface area contributed by atoms with E-state index >= 15 is 0 Å². The summed E-state index contributed by atoms with van der Waals surface area (Å²) in [6.45, 7) is 4.79. The number of benzene rings is 1. The van der Waals surface area contributed by atoms with Gasteiger partial charge in [0.1, 0.15) is 17.5 Å². The van der Waals surface area contributed by atoms with E-state index in [4.69, 9.17) is 0 Å². The zero-order valence-electron chi connectivity index (χ0n) is 11.5. The van der Waals surface area contributed by atoms with E-state index < -0.39 is 0 Å². The number of hydrogen-bond acceptors (Lipinski definition) is 5. The number of hydrogen-bond donors (Lipinski definition) is 2. The maximum Gasteiger partial charge on any atom is 0.136 e. The molecule has 0 bridgehead atoms. The first kappa shape index (κ1) is 12.9. The Morgan fingerprint density at radius 1 is 1.10 bits per heavy atom. The molecule has 0 fully saturated rings. The van der Waals surface area contributed by atoms with Crippen LogP contribution < -0.4 is 10.6 Å². The topological polar surface area (TPSA) is 49.8 Å². The van der Waals surface area contributed by atoms with Gasteiger partial charge in [-0.1, -0.05) is 0 Å². The summed E-state index contributed by atoms with van der Waals surface area (Å²) >= 11 is 1.75. The van der Waals surface area contributed by atoms with Crippen molar-refractivity contribution in [2.45, 2.75) is 13.8 Å². The molecule has 0 saturated heterocycles. The van der Waals surface area contributed by atoms with Gasteiger partial charge in [-0.2, -0.15) is 0 Å². The van der Waals surface area contributed by atoms with Crippen LogP contribution in [0.2, 0.25) is 0 Å². The number of fused-ring (bicyclic) bond motifs is 1. The van der Waals surface area contributed by atoms with Gasteiger partial charge in [-0.3, -0.25) is 0 Å². The molecule has 2 aromatic heterocycles. The average molecular weight is 284 g/mol. The molecule has 3 rings (SSSR count). The fraction of sp³-hybridized carbons (Fsp3) is 0.200. The summed E-state index contributed by atoms with van der Waals surface area (Å²) in [6.07, 6.45) is 0. The highest BCUT2D eigenvalue weighted by Crippen LogP contribution is 2.26. The summed E-state index contributed by atoms with van der Waals surface area (Å²) in [6, 6.07) is 10.4. The van der Waals surface area contributed by atoms with Crippen LogP contribution in [0.25, 0.3) is 10.1 Å². The summed E-state index contributed by atoms with van der Waals surface area (Å²) in [5.41, 5.74) is 1.04. The summed E-state index contributed by atoms with van der Waals surface area (Å²) in [4.78, 5) is 8.77. The first-order chi connectivity index (χ1) is 9.74. The van der Waals surface area contributed by atoms with Crippen LogP contribution >= 0.6 is 11.3 Å². The molecule has 0 unspecified atom stereocenters. The summed E-state index contributed by atoms with van der Waals surface area (Å²) in [7, 11) is 0. The van der Waals surface area contributed by atoms with Gasteiger partial charge in [-0.15, -0.1) is 11.3 Å². The fourth-order valence-electron chi connectivity index (χ4n) is 2.10. The third-order valence-corrected chi connectivity index (χ3v) is 3.82. The first-order valence-electron chi connectivity index (χ1n) is 6.58. The molecule has 3 aromatic rings. The molecular formula is C15H16N4S. The van der Waals surface area contributed by atoms with Crippen molar-refractivity contribution in [3.05, 3.63) is 41.5 Å². The van der Waals surface area contributed by atoms with Crippen LogP contribution in [-0.2, 0) is 0 Å². The van der Waals surface area contributed by atoms with Crippen molar-refractivity contribution in [1.29, 1.82) is 0 Å². The Hall–Kier alpha value is -2.14. The van der Waals surface area contributed by atoms with Crippen LogP contribution in [0.15, 0.2) is 35.7 Å². The Bertz CT molecular complexity index is 736. The number of nitrogens with one attached hydrogen (secondary N) is 2. The number of thiophene rings is 1. The van der Waals surface area contributed by atoms with Gasteiger partial charge in [0.25, 0.3) is 0 Å². The molecule has 0 spiro atoms. The minimum Gasteiger partial charge on any atom is -0.370 e. The minimum atomic E-state index is 0.752. The van der Waals surface area contributed by atoms with E-state index in [0.29, 0.717) is 0 Å². The second-order valence-corrected chi connectivity index (χ2v) is 5.46. The van der Waals surface area contributed by atoms with E-state index in [1.165, 1.54) is 10.1 Å². The van der Waals surface area contributed by atoms with Gasteiger partial charge in [-0.25, -0.2) is 9.97 Å². The molecule has 1 aromatic carbocycles. The fourth-order valence-corrected chi connectivity index (χ4v) is 2.87. The van der Waals surface area contributed by atoms with Crippen molar-refractivity contribution in [3.8, 4) is 0 Å². The Balaban J connectivity index is 1.89. The quantitative estimate of drug-likeness (QED) is 0.754. The largest absolute Gasteiger partial charge is 0.370 e. The van der Waals surface area contributed by atoms with Crippen molar-refractivity contribution < 1.29 is 0 Å². The number of aromatic nitrogens is 2. The molecule has 102 valence electrons. The van der Waals surface area contributed by atoms with E-state index in [1.54, 1.807) is 11.3 Å². The molecule has 0 radical (unpaired) electrons. The molecule has 2 heterocycles. The summed E-state index contributed by atoms with van der Waals surface area (Å²) < 4.78 is 1.29. The lowest BCUT2D eigenvalue weighted by atomic mass is 10.2. The van der Waals surface area contributed by atoms with Crippen molar-refractivity contribution in [2.75, 3.05) is 17.2 Å². The average Bonchev–Trinajstić information content (AvgIpc) is 2.85. The van der Waals surface area contributed by atoms with Gasteiger partial charge in [-0.05, 0) is 48.9 Å². The SMILES string of the molecule is CCNc1cc(Nc2ccc3sccc3c2)nc(C)n1. The van der Waals surface area contributed by atoms with Crippen LogP contribution in [0.1, 0.15) is 12.7 Å². The highest BCUT2D eigenvalue weighted by molar-refractivity contribution is 7.17. The Kier molecular flexibility index (Phi) is 3.52. The molecule has 0 atom stereocenters. The second kappa shape index (κ2) is 5.46. The van der Waals surface area contributed by atoms with Gasteiger partial charge in [0, 0.05) is 23.0 Å². The van der Waals surface area contributed by atoms with E-state index in [0.717, 1.165) is 29.7 Å². The maximum atomic E-state index is 4.42. The van der Waals surface area contributed by atoms with Crippen molar-refractivity contribution in [1.82, 2.24) is 9.97 Å². The molecule has 0 aliphatic heterocycles. The third kappa shape index (κ3) is 2.72. The molecule has 0 amide bonds. The Morgan fingerprint density at radius 2 is 1.95 bits per heavy atom. The highest BCUT2D eigenvalue weighted by atomic mass is 32.1. The molecule has 0 aliphatic carbocycles. The predicted molar refractivity (Wildman–Crippen MR) is 86.0 cm³/mol. The molecule has 2 N–H and O–H groups in total. The van der Waals surface area contributed by atoms with Gasteiger partial charge < -0.3 is 10.6 Å². The highest BCUT2D eigenvalue weighted by Gasteiger charge is 2.03. The first-order valence-corrected chi connectivity index (χ1v) is 7.46. The normalized spacial score (nSPS) is 10.7. The van der Waals surface area contributed by atoms with Crippen LogP contribution in [0.3, 0.4) is 0 Å². The summed E-state index contributed by atoms with van der Waals surface area (Å²) in [5, 5.41) is 9.90. The monoisotopic (exact) mass is 284 g/mol. The minimum absolute atomic E-state index is 0.752. The Morgan fingerprint density at radius 3 is 2.80 bits per heavy atom. The lowest BCUT2D eigenvalue weighted by Gasteiger charge is -2.09. The number of nitrogens with zero attached hydrogens (tertiary/aromatic N) is 2. The van der Waals surface area contributed by atoms with E-state index in [-0.39, 0.29) is 0 Å². The van der Waals surface area contributed by atoms with Crippen LogP contribution in [-0.4, -0.2) is 16.5 Å². The number of aryl methyl sites for hydroxylation is 1. The van der Waals surface area contributed by atoms with Crippen molar-refractivity contribution >= 4 is 38.7 Å². The second-order valence-electron chi connectivity index (χ2n) is 4.51. The number of rotatable bonds is 4. The standard InChI is InChI=1S/C15H16N4S/c1-3-16-14-9-15(18-10(2)17-14)19-12-4-5-13-11(8-12)6-7-20-13/h4-9H,3H2,1-2H3,(H2,16,17,18,19). The van der Waals surface area contributed by atoms with Crippen LogP contribution in [0, 0.1) is 6.92 Å². The zero-order chi connectivity index (χ0) is 13.9. The lowest BCUT2D eigenvalue weighted by molar-refractivity contribution is 1.04. The van der Waals surface area contributed by atoms with Crippen LogP contribution in [0.5, 0.6) is 0 Å². The Labute approximate surface area is 121 Å². The van der Waals surface area contributed by atoms with Gasteiger partial charge in [0.2, 0.25) is 0 Å². The number of anilines is 3. The van der Waals surface area contributed by atoms with Crippen molar-refractivity contribution in [2.24, 2.45) is 0 Å².